The van der Waals surface area contributed by atoms with Crippen LogP contribution in [0.4, 0.5) is 0 Å². The van der Waals surface area contributed by atoms with Crippen LogP contribution < -0.4 is 5.32 Å². The number of benzene rings is 1. The van der Waals surface area contributed by atoms with E-state index < -0.39 is 11.9 Å². The van der Waals surface area contributed by atoms with Crippen LogP contribution in [0.3, 0.4) is 0 Å². The summed E-state index contributed by atoms with van der Waals surface area (Å²) in [4.78, 5) is 28.8. The average molecular weight is 275 g/mol. The van der Waals surface area contributed by atoms with Crippen LogP contribution in [0.15, 0.2) is 30.6 Å². The first-order valence-corrected chi connectivity index (χ1v) is 5.85. The molecule has 7 heteroatoms. The van der Waals surface area contributed by atoms with Crippen LogP contribution in [0.1, 0.15) is 32.1 Å². The van der Waals surface area contributed by atoms with Crippen LogP contribution in [-0.2, 0) is 13.2 Å². The molecule has 2 aromatic rings. The average Bonchev–Trinajstić information content (AvgIpc) is 2.95. The summed E-state index contributed by atoms with van der Waals surface area (Å²) in [5.41, 5.74) is 1.23. The largest absolute Gasteiger partial charge is 0.477 e. The fourth-order valence-electron chi connectivity index (χ4n) is 1.66. The Hall–Kier alpha value is -2.67. The SMILES string of the molecule is O=C(NCc1ccc(CO)cc1)c1nc[nH]c1C(=O)O. The Bertz CT molecular complexity index is 619. The number of aromatic carboxylic acids is 1. The number of carbonyl (C=O) groups excluding carboxylic acids is 1. The standard InChI is InChI=1S/C13H13N3O4/c17-6-9-3-1-8(2-4-9)5-14-12(18)10-11(13(19)20)16-7-15-10/h1-4,7,17H,5-6H2,(H,14,18)(H,15,16)(H,19,20). The summed E-state index contributed by atoms with van der Waals surface area (Å²) in [6.45, 7) is 0.207. The molecule has 0 atom stereocenters. The number of hydrogen-bond donors (Lipinski definition) is 4. The topological polar surface area (TPSA) is 115 Å². The Kier molecular flexibility index (Phi) is 4.11. The highest BCUT2D eigenvalue weighted by Crippen LogP contribution is 2.06. The zero-order valence-electron chi connectivity index (χ0n) is 10.5. The van der Waals surface area contributed by atoms with E-state index in [2.05, 4.69) is 15.3 Å². The first kappa shape index (κ1) is 13.8. The number of amides is 1. The normalized spacial score (nSPS) is 10.2. The molecule has 0 radical (unpaired) electrons. The Labute approximate surface area is 114 Å². The Balaban J connectivity index is 2.01. The number of rotatable bonds is 5. The number of aromatic nitrogens is 2. The molecule has 1 amide bonds. The summed E-state index contributed by atoms with van der Waals surface area (Å²) in [7, 11) is 0. The molecule has 0 spiro atoms. The van der Waals surface area contributed by atoms with Crippen molar-refractivity contribution in [3.05, 3.63) is 53.1 Å². The molecule has 4 N–H and O–H groups in total. The number of aliphatic hydroxyl groups is 1. The number of carbonyl (C=O) groups is 2. The van der Waals surface area contributed by atoms with Crippen molar-refractivity contribution in [2.45, 2.75) is 13.2 Å². The smallest absolute Gasteiger partial charge is 0.354 e. The van der Waals surface area contributed by atoms with Gasteiger partial charge in [-0.3, -0.25) is 4.79 Å². The molecule has 1 aromatic carbocycles. The van der Waals surface area contributed by atoms with Gasteiger partial charge in [-0.25, -0.2) is 9.78 Å². The summed E-state index contributed by atoms with van der Waals surface area (Å²) in [6.07, 6.45) is 1.16. The van der Waals surface area contributed by atoms with E-state index in [1.54, 1.807) is 24.3 Å². The molecule has 1 heterocycles. The summed E-state index contributed by atoms with van der Waals surface area (Å²) < 4.78 is 0. The molecule has 2 rings (SSSR count). The molecule has 0 bridgehead atoms. The van der Waals surface area contributed by atoms with Crippen LogP contribution in [-0.4, -0.2) is 32.1 Å². The van der Waals surface area contributed by atoms with E-state index in [1.165, 1.54) is 0 Å². The van der Waals surface area contributed by atoms with Crippen molar-refractivity contribution in [3.63, 3.8) is 0 Å². The van der Waals surface area contributed by atoms with Gasteiger partial charge in [0.2, 0.25) is 0 Å². The molecule has 1 aromatic heterocycles. The maximum Gasteiger partial charge on any atom is 0.354 e. The Morgan fingerprint density at radius 1 is 1.20 bits per heavy atom. The number of aliphatic hydroxyl groups excluding tert-OH is 1. The maximum atomic E-state index is 11.8. The molecule has 0 aliphatic heterocycles. The van der Waals surface area contributed by atoms with Gasteiger partial charge in [-0.1, -0.05) is 24.3 Å². The summed E-state index contributed by atoms with van der Waals surface area (Å²) in [5, 5.41) is 20.4. The van der Waals surface area contributed by atoms with E-state index in [0.717, 1.165) is 17.5 Å². The van der Waals surface area contributed by atoms with Crippen LogP contribution >= 0.6 is 0 Å². The van der Waals surface area contributed by atoms with Gasteiger partial charge in [0, 0.05) is 6.54 Å². The summed E-state index contributed by atoms with van der Waals surface area (Å²) >= 11 is 0. The highest BCUT2D eigenvalue weighted by atomic mass is 16.4. The monoisotopic (exact) mass is 275 g/mol. The van der Waals surface area contributed by atoms with E-state index in [1.807, 2.05) is 0 Å². The molecule has 7 nitrogen and oxygen atoms in total. The van der Waals surface area contributed by atoms with Gasteiger partial charge in [-0.2, -0.15) is 0 Å². The van der Waals surface area contributed by atoms with Crippen molar-refractivity contribution in [2.75, 3.05) is 0 Å². The third-order valence-electron chi connectivity index (χ3n) is 2.73. The lowest BCUT2D eigenvalue weighted by Crippen LogP contribution is -2.25. The number of carboxylic acids is 1. The van der Waals surface area contributed by atoms with Gasteiger partial charge in [0.25, 0.3) is 5.91 Å². The molecular weight excluding hydrogens is 262 g/mol. The van der Waals surface area contributed by atoms with Crippen LogP contribution in [0.2, 0.25) is 0 Å². The van der Waals surface area contributed by atoms with Gasteiger partial charge in [-0.15, -0.1) is 0 Å². The minimum absolute atomic E-state index is 0.0398. The predicted octanol–water partition coefficient (Wildman–Crippen LogP) is 0.530. The number of nitrogens with one attached hydrogen (secondary N) is 2. The summed E-state index contributed by atoms with van der Waals surface area (Å²) in [5.74, 6) is -1.80. The number of imidazole rings is 1. The maximum absolute atomic E-state index is 11.8. The van der Waals surface area contributed by atoms with Crippen molar-refractivity contribution < 1.29 is 19.8 Å². The van der Waals surface area contributed by atoms with E-state index in [4.69, 9.17) is 10.2 Å². The van der Waals surface area contributed by atoms with Crippen LogP contribution in [0.25, 0.3) is 0 Å². The minimum Gasteiger partial charge on any atom is -0.477 e. The van der Waals surface area contributed by atoms with Crippen molar-refractivity contribution in [2.24, 2.45) is 0 Å². The van der Waals surface area contributed by atoms with Crippen molar-refractivity contribution >= 4 is 11.9 Å². The van der Waals surface area contributed by atoms with Crippen molar-refractivity contribution in [1.82, 2.24) is 15.3 Å². The predicted molar refractivity (Wildman–Crippen MR) is 69.1 cm³/mol. The van der Waals surface area contributed by atoms with Gasteiger partial charge in [-0.05, 0) is 11.1 Å². The Morgan fingerprint density at radius 3 is 2.45 bits per heavy atom. The minimum atomic E-state index is -1.24. The zero-order valence-corrected chi connectivity index (χ0v) is 10.5. The first-order valence-electron chi connectivity index (χ1n) is 5.85. The lowest BCUT2D eigenvalue weighted by molar-refractivity contribution is 0.0685. The van der Waals surface area contributed by atoms with Gasteiger partial charge in [0.1, 0.15) is 0 Å². The number of H-pyrrole nitrogens is 1. The highest BCUT2D eigenvalue weighted by molar-refractivity contribution is 6.02. The third kappa shape index (κ3) is 3.01. The second-order valence-electron chi connectivity index (χ2n) is 4.09. The zero-order chi connectivity index (χ0) is 14.5. The van der Waals surface area contributed by atoms with Crippen LogP contribution in [0.5, 0.6) is 0 Å². The van der Waals surface area contributed by atoms with Crippen LogP contribution in [0, 0.1) is 0 Å². The third-order valence-corrected chi connectivity index (χ3v) is 2.73. The first-order chi connectivity index (χ1) is 9.61. The molecule has 0 saturated heterocycles. The fourth-order valence-corrected chi connectivity index (χ4v) is 1.66. The quantitative estimate of drug-likeness (QED) is 0.635. The van der Waals surface area contributed by atoms with Gasteiger partial charge in [0.15, 0.2) is 11.4 Å². The molecule has 0 fully saturated rings. The van der Waals surface area contributed by atoms with E-state index in [-0.39, 0.29) is 24.5 Å². The second kappa shape index (κ2) is 5.98. The lowest BCUT2D eigenvalue weighted by atomic mass is 10.1. The van der Waals surface area contributed by atoms with Crippen molar-refractivity contribution in [1.29, 1.82) is 0 Å². The van der Waals surface area contributed by atoms with Gasteiger partial charge < -0.3 is 20.5 Å². The second-order valence-corrected chi connectivity index (χ2v) is 4.09. The van der Waals surface area contributed by atoms with E-state index in [9.17, 15) is 9.59 Å². The molecule has 0 saturated carbocycles. The number of nitrogens with zero attached hydrogens (tertiary/aromatic N) is 1. The molecule has 0 aliphatic carbocycles. The molecular formula is C13H13N3O4. The van der Waals surface area contributed by atoms with Crippen molar-refractivity contribution in [3.8, 4) is 0 Å². The summed E-state index contributed by atoms with van der Waals surface area (Å²) in [6, 6.07) is 7.04. The number of aromatic amines is 1. The van der Waals surface area contributed by atoms with Gasteiger partial charge >= 0.3 is 5.97 Å². The fraction of sp³-hybridized carbons (Fsp3) is 0.154. The number of carboxylic acid groups (broad SMARTS) is 1. The molecule has 0 unspecified atom stereocenters. The Morgan fingerprint density at radius 2 is 1.85 bits per heavy atom. The lowest BCUT2D eigenvalue weighted by Gasteiger charge is -2.05. The van der Waals surface area contributed by atoms with Gasteiger partial charge in [0.05, 0.1) is 12.9 Å². The number of hydrogen-bond acceptors (Lipinski definition) is 4. The van der Waals surface area contributed by atoms with E-state index in [0.29, 0.717) is 0 Å². The molecule has 0 aliphatic rings. The molecule has 20 heavy (non-hydrogen) atoms. The van der Waals surface area contributed by atoms with E-state index >= 15 is 0 Å². The molecule has 104 valence electrons. The highest BCUT2D eigenvalue weighted by Gasteiger charge is 2.19.